The molecule has 0 bridgehead atoms. The molecule has 5 heteroatoms. The van der Waals surface area contributed by atoms with Crippen LogP contribution in [0.1, 0.15) is 20.7 Å². The highest BCUT2D eigenvalue weighted by Crippen LogP contribution is 2.32. The van der Waals surface area contributed by atoms with Crippen LogP contribution in [-0.2, 0) is 4.74 Å². The molecule has 4 nitrogen and oxygen atoms in total. The quantitative estimate of drug-likeness (QED) is 0.696. The Morgan fingerprint density at radius 1 is 1.25 bits per heavy atom. The van der Waals surface area contributed by atoms with Crippen LogP contribution < -0.4 is 0 Å². The van der Waals surface area contributed by atoms with Crippen LogP contribution in [0.5, 0.6) is 5.75 Å². The van der Waals surface area contributed by atoms with Gasteiger partial charge in [-0.3, -0.25) is 4.79 Å². The highest BCUT2D eigenvalue weighted by Gasteiger charge is 2.11. The minimum atomic E-state index is -0.475. The molecule has 0 radical (unpaired) electrons. The zero-order valence-corrected chi connectivity index (χ0v) is 11.3. The zero-order valence-electron chi connectivity index (χ0n) is 10.6. The Morgan fingerprint density at radius 3 is 2.60 bits per heavy atom. The fraction of sp³-hybridized carbons (Fsp3) is 0.0667. The molecule has 0 aliphatic carbocycles. The zero-order chi connectivity index (χ0) is 14.7. The molecular weight excluding hydrogens is 280 g/mol. The highest BCUT2D eigenvalue weighted by molar-refractivity contribution is 6.33. The van der Waals surface area contributed by atoms with Crippen molar-refractivity contribution in [1.29, 1.82) is 0 Å². The van der Waals surface area contributed by atoms with Crippen molar-refractivity contribution in [3.05, 3.63) is 52.5 Å². The molecule has 0 atom stereocenters. The van der Waals surface area contributed by atoms with Crippen molar-refractivity contribution in [3.8, 4) is 16.9 Å². The van der Waals surface area contributed by atoms with E-state index in [0.717, 1.165) is 0 Å². The number of methoxy groups -OCH3 is 1. The third-order valence-electron chi connectivity index (χ3n) is 2.86. The van der Waals surface area contributed by atoms with Gasteiger partial charge in [0, 0.05) is 10.6 Å². The summed E-state index contributed by atoms with van der Waals surface area (Å²) in [6.07, 6.45) is 0.561. The van der Waals surface area contributed by atoms with Gasteiger partial charge in [0.15, 0.2) is 6.29 Å². The number of halogens is 1. The van der Waals surface area contributed by atoms with Crippen LogP contribution >= 0.6 is 11.6 Å². The lowest BCUT2D eigenvalue weighted by Crippen LogP contribution is -2.01. The molecule has 0 amide bonds. The Kier molecular flexibility index (Phi) is 4.05. The summed E-state index contributed by atoms with van der Waals surface area (Å²) in [5, 5.41) is 10.1. The average Bonchev–Trinajstić information content (AvgIpc) is 2.46. The van der Waals surface area contributed by atoms with Gasteiger partial charge < -0.3 is 9.84 Å². The van der Waals surface area contributed by atoms with Crippen molar-refractivity contribution in [2.24, 2.45) is 0 Å². The van der Waals surface area contributed by atoms with Gasteiger partial charge in [-0.15, -0.1) is 0 Å². The Morgan fingerprint density at radius 2 is 2.00 bits per heavy atom. The number of ether oxygens (including phenoxy) is 1. The van der Waals surface area contributed by atoms with Gasteiger partial charge in [-0.1, -0.05) is 17.7 Å². The number of hydrogen-bond acceptors (Lipinski definition) is 4. The Balaban J connectivity index is 2.54. The smallest absolute Gasteiger partial charge is 0.337 e. The largest absolute Gasteiger partial charge is 0.507 e. The van der Waals surface area contributed by atoms with E-state index >= 15 is 0 Å². The van der Waals surface area contributed by atoms with Gasteiger partial charge in [-0.2, -0.15) is 0 Å². The SMILES string of the molecule is COC(=O)c1ccc(Cl)c(-c2ccc(C=O)c(O)c2)c1. The number of carbonyl (C=O) groups excluding carboxylic acids is 2. The van der Waals surface area contributed by atoms with E-state index in [1.54, 1.807) is 24.3 Å². The third kappa shape index (κ3) is 2.65. The summed E-state index contributed by atoms with van der Waals surface area (Å²) in [7, 11) is 1.29. The van der Waals surface area contributed by atoms with Gasteiger partial charge in [-0.05, 0) is 35.9 Å². The molecule has 2 aromatic rings. The predicted molar refractivity (Wildman–Crippen MR) is 75.3 cm³/mol. The first kappa shape index (κ1) is 14.1. The molecule has 0 aliphatic heterocycles. The van der Waals surface area contributed by atoms with Crippen LogP contribution in [0.15, 0.2) is 36.4 Å². The van der Waals surface area contributed by atoms with Gasteiger partial charge in [0.05, 0.1) is 18.2 Å². The molecule has 2 aromatic carbocycles. The van der Waals surface area contributed by atoms with Gasteiger partial charge in [0.1, 0.15) is 5.75 Å². The number of phenolic OH excluding ortho intramolecular Hbond substituents is 1. The van der Waals surface area contributed by atoms with E-state index in [9.17, 15) is 14.7 Å². The maximum Gasteiger partial charge on any atom is 0.337 e. The van der Waals surface area contributed by atoms with E-state index in [0.29, 0.717) is 28.0 Å². The maximum atomic E-state index is 11.5. The normalized spacial score (nSPS) is 10.1. The molecule has 0 saturated heterocycles. The van der Waals surface area contributed by atoms with Gasteiger partial charge in [0.25, 0.3) is 0 Å². The monoisotopic (exact) mass is 290 g/mol. The second-order valence-electron chi connectivity index (χ2n) is 4.08. The molecule has 0 aliphatic rings. The van der Waals surface area contributed by atoms with Crippen molar-refractivity contribution in [2.75, 3.05) is 7.11 Å². The number of rotatable bonds is 3. The second-order valence-corrected chi connectivity index (χ2v) is 4.48. The molecule has 0 heterocycles. The van der Waals surface area contributed by atoms with Crippen molar-refractivity contribution in [3.63, 3.8) is 0 Å². The van der Waals surface area contributed by atoms with E-state index in [4.69, 9.17) is 11.6 Å². The maximum absolute atomic E-state index is 11.5. The summed E-state index contributed by atoms with van der Waals surface area (Å²) in [5.74, 6) is -0.617. The van der Waals surface area contributed by atoms with Crippen LogP contribution in [-0.4, -0.2) is 24.5 Å². The fourth-order valence-corrected chi connectivity index (χ4v) is 2.03. The minimum absolute atomic E-state index is 0.142. The molecular formula is C15H11ClO4. The molecule has 1 N–H and O–H groups in total. The lowest BCUT2D eigenvalue weighted by molar-refractivity contribution is 0.0600. The van der Waals surface area contributed by atoms with Crippen molar-refractivity contribution in [2.45, 2.75) is 0 Å². The van der Waals surface area contributed by atoms with E-state index in [1.165, 1.54) is 19.2 Å². The van der Waals surface area contributed by atoms with Crippen LogP contribution in [0.25, 0.3) is 11.1 Å². The summed E-state index contributed by atoms with van der Waals surface area (Å²) >= 11 is 6.10. The fourth-order valence-electron chi connectivity index (χ4n) is 1.80. The number of phenols is 1. The highest BCUT2D eigenvalue weighted by atomic mass is 35.5. The number of aldehydes is 1. The van der Waals surface area contributed by atoms with Gasteiger partial charge >= 0.3 is 5.97 Å². The van der Waals surface area contributed by atoms with E-state index < -0.39 is 5.97 Å². The lowest BCUT2D eigenvalue weighted by atomic mass is 10.0. The molecule has 0 fully saturated rings. The van der Waals surface area contributed by atoms with Crippen molar-refractivity contribution >= 4 is 23.9 Å². The van der Waals surface area contributed by atoms with Crippen LogP contribution in [0.2, 0.25) is 5.02 Å². The third-order valence-corrected chi connectivity index (χ3v) is 3.19. The first-order valence-corrected chi connectivity index (χ1v) is 6.11. The topological polar surface area (TPSA) is 63.6 Å². The van der Waals surface area contributed by atoms with Crippen molar-refractivity contribution < 1.29 is 19.4 Å². The number of carbonyl (C=O) groups is 2. The van der Waals surface area contributed by atoms with Crippen LogP contribution in [0, 0.1) is 0 Å². The van der Waals surface area contributed by atoms with Crippen LogP contribution in [0.3, 0.4) is 0 Å². The second kappa shape index (κ2) is 5.75. The summed E-state index contributed by atoms with van der Waals surface area (Å²) in [6.45, 7) is 0. The first-order chi connectivity index (χ1) is 9.56. The van der Waals surface area contributed by atoms with E-state index in [1.807, 2.05) is 0 Å². The minimum Gasteiger partial charge on any atom is -0.507 e. The first-order valence-electron chi connectivity index (χ1n) is 5.73. The van der Waals surface area contributed by atoms with E-state index in [2.05, 4.69) is 4.74 Å². The molecule has 0 aromatic heterocycles. The molecule has 0 unspecified atom stereocenters. The Hall–Kier alpha value is -2.33. The lowest BCUT2D eigenvalue weighted by Gasteiger charge is -2.08. The molecule has 0 saturated carbocycles. The number of benzene rings is 2. The number of aromatic hydroxyl groups is 1. The summed E-state index contributed by atoms with van der Waals surface area (Å²) < 4.78 is 4.65. The molecule has 20 heavy (non-hydrogen) atoms. The average molecular weight is 291 g/mol. The molecule has 2 rings (SSSR count). The molecule has 0 spiro atoms. The predicted octanol–water partition coefficient (Wildman–Crippen LogP) is 3.31. The summed E-state index contributed by atoms with van der Waals surface area (Å²) in [4.78, 5) is 22.2. The van der Waals surface area contributed by atoms with Gasteiger partial charge in [0.2, 0.25) is 0 Å². The molecule has 102 valence electrons. The standard InChI is InChI=1S/C15H11ClO4/c1-20-15(19)10-4-5-13(16)12(6-10)9-2-3-11(8-17)14(18)7-9/h2-8,18H,1H3. The Bertz CT molecular complexity index is 680. The number of esters is 1. The van der Waals surface area contributed by atoms with Crippen LogP contribution in [0.4, 0.5) is 0 Å². The van der Waals surface area contributed by atoms with Crippen molar-refractivity contribution in [1.82, 2.24) is 0 Å². The number of hydrogen-bond donors (Lipinski definition) is 1. The van der Waals surface area contributed by atoms with Gasteiger partial charge in [-0.25, -0.2) is 4.79 Å². The van der Waals surface area contributed by atoms with E-state index in [-0.39, 0.29) is 11.3 Å². The Labute approximate surface area is 120 Å². The summed E-state index contributed by atoms with van der Waals surface area (Å²) in [5.41, 5.74) is 1.71. The summed E-state index contributed by atoms with van der Waals surface area (Å²) in [6, 6.07) is 9.26.